The highest BCUT2D eigenvalue weighted by atomic mass is 16.3. The molecule has 1 aliphatic rings. The SMILES string of the molecule is Cc1nn(C)c(C)c1CNCC(O)CN1CCCC1. The summed E-state index contributed by atoms with van der Waals surface area (Å²) in [6, 6.07) is 0. The molecule has 0 amide bonds. The Morgan fingerprint density at radius 3 is 2.58 bits per heavy atom. The summed E-state index contributed by atoms with van der Waals surface area (Å²) in [6.07, 6.45) is 2.26. The second-order valence-corrected chi connectivity index (χ2v) is 5.57. The van der Waals surface area contributed by atoms with Gasteiger partial charge in [-0.05, 0) is 39.8 Å². The molecule has 19 heavy (non-hydrogen) atoms. The van der Waals surface area contributed by atoms with Gasteiger partial charge < -0.3 is 15.3 Å². The summed E-state index contributed by atoms with van der Waals surface area (Å²) in [6.45, 7) is 8.60. The van der Waals surface area contributed by atoms with Crippen LogP contribution in [0.15, 0.2) is 0 Å². The molecule has 2 rings (SSSR count). The number of aliphatic hydroxyl groups excluding tert-OH is 1. The molecule has 2 N–H and O–H groups in total. The first-order valence-electron chi connectivity index (χ1n) is 7.18. The minimum absolute atomic E-state index is 0.282. The molecule has 108 valence electrons. The molecule has 0 radical (unpaired) electrons. The smallest absolute Gasteiger partial charge is 0.0791 e. The number of aliphatic hydroxyl groups is 1. The number of nitrogens with zero attached hydrogens (tertiary/aromatic N) is 3. The molecule has 0 spiro atoms. The molecule has 1 aliphatic heterocycles. The lowest BCUT2D eigenvalue weighted by atomic mass is 10.2. The van der Waals surface area contributed by atoms with Crippen LogP contribution in [0, 0.1) is 13.8 Å². The van der Waals surface area contributed by atoms with Crippen molar-refractivity contribution in [3.05, 3.63) is 17.0 Å². The van der Waals surface area contributed by atoms with Gasteiger partial charge in [0, 0.05) is 37.9 Å². The zero-order valence-corrected chi connectivity index (χ0v) is 12.3. The Balaban J connectivity index is 1.73. The van der Waals surface area contributed by atoms with Crippen molar-refractivity contribution >= 4 is 0 Å². The molecule has 1 unspecified atom stereocenters. The normalized spacial score (nSPS) is 18.1. The van der Waals surface area contributed by atoms with Crippen molar-refractivity contribution < 1.29 is 5.11 Å². The van der Waals surface area contributed by atoms with Crippen molar-refractivity contribution in [2.75, 3.05) is 26.2 Å². The van der Waals surface area contributed by atoms with Crippen LogP contribution in [0.2, 0.25) is 0 Å². The Bertz CT molecular complexity index is 410. The van der Waals surface area contributed by atoms with Crippen molar-refractivity contribution in [2.24, 2.45) is 7.05 Å². The van der Waals surface area contributed by atoms with E-state index in [0.29, 0.717) is 6.54 Å². The maximum atomic E-state index is 10.0. The average molecular weight is 266 g/mol. The molecule has 1 aromatic heterocycles. The summed E-state index contributed by atoms with van der Waals surface area (Å²) in [5, 5.41) is 17.7. The summed E-state index contributed by atoms with van der Waals surface area (Å²) in [5.41, 5.74) is 3.51. The van der Waals surface area contributed by atoms with E-state index in [2.05, 4.69) is 22.2 Å². The van der Waals surface area contributed by atoms with Gasteiger partial charge in [-0.1, -0.05) is 0 Å². The molecule has 1 fully saturated rings. The van der Waals surface area contributed by atoms with Crippen molar-refractivity contribution in [3.63, 3.8) is 0 Å². The molecule has 0 aromatic carbocycles. The van der Waals surface area contributed by atoms with Crippen LogP contribution < -0.4 is 5.32 Å². The minimum atomic E-state index is -0.282. The third kappa shape index (κ3) is 3.78. The fraction of sp³-hybridized carbons (Fsp3) is 0.786. The van der Waals surface area contributed by atoms with E-state index in [1.165, 1.54) is 24.1 Å². The number of β-amino-alcohol motifs (C(OH)–C–C–N with tert-alkyl or cyclic N) is 1. The van der Waals surface area contributed by atoms with E-state index in [4.69, 9.17) is 0 Å². The van der Waals surface area contributed by atoms with Crippen molar-refractivity contribution in [1.82, 2.24) is 20.0 Å². The summed E-state index contributed by atoms with van der Waals surface area (Å²) < 4.78 is 1.91. The fourth-order valence-corrected chi connectivity index (χ4v) is 2.76. The lowest BCUT2D eigenvalue weighted by Gasteiger charge is -2.19. The number of rotatable bonds is 6. The van der Waals surface area contributed by atoms with Crippen LogP contribution in [0.25, 0.3) is 0 Å². The summed E-state index contributed by atoms with van der Waals surface area (Å²) in [7, 11) is 1.97. The number of hydrogen-bond acceptors (Lipinski definition) is 4. The average Bonchev–Trinajstić information content (AvgIpc) is 2.93. The van der Waals surface area contributed by atoms with Gasteiger partial charge in [0.15, 0.2) is 0 Å². The van der Waals surface area contributed by atoms with E-state index in [1.807, 2.05) is 18.7 Å². The number of nitrogens with one attached hydrogen (secondary N) is 1. The molecule has 1 saturated heterocycles. The quantitative estimate of drug-likeness (QED) is 0.791. The number of aryl methyl sites for hydroxylation is 2. The molecular formula is C14H26N4O. The van der Waals surface area contributed by atoms with Crippen LogP contribution in [-0.2, 0) is 13.6 Å². The van der Waals surface area contributed by atoms with Crippen LogP contribution in [0.4, 0.5) is 0 Å². The summed E-state index contributed by atoms with van der Waals surface area (Å²) in [4.78, 5) is 2.34. The van der Waals surface area contributed by atoms with E-state index >= 15 is 0 Å². The van der Waals surface area contributed by atoms with E-state index in [1.54, 1.807) is 0 Å². The van der Waals surface area contributed by atoms with Crippen LogP contribution in [0.5, 0.6) is 0 Å². The first-order chi connectivity index (χ1) is 9.08. The standard InChI is InChI=1S/C14H26N4O/c1-11-14(12(2)17(3)16-11)9-15-8-13(19)10-18-6-4-5-7-18/h13,15,19H,4-10H2,1-3H3. The molecule has 0 bridgehead atoms. The van der Waals surface area contributed by atoms with Gasteiger partial charge in [0.05, 0.1) is 11.8 Å². The highest BCUT2D eigenvalue weighted by Crippen LogP contribution is 2.11. The van der Waals surface area contributed by atoms with Crippen LogP contribution in [0.1, 0.15) is 29.8 Å². The van der Waals surface area contributed by atoms with E-state index in [0.717, 1.165) is 31.9 Å². The topological polar surface area (TPSA) is 53.3 Å². The van der Waals surface area contributed by atoms with Gasteiger partial charge in [-0.15, -0.1) is 0 Å². The highest BCUT2D eigenvalue weighted by Gasteiger charge is 2.16. The van der Waals surface area contributed by atoms with Gasteiger partial charge in [-0.3, -0.25) is 4.68 Å². The lowest BCUT2D eigenvalue weighted by Crippen LogP contribution is -2.36. The molecule has 0 saturated carbocycles. The summed E-state index contributed by atoms with van der Waals surface area (Å²) >= 11 is 0. The van der Waals surface area contributed by atoms with Gasteiger partial charge in [0.1, 0.15) is 0 Å². The fourth-order valence-electron chi connectivity index (χ4n) is 2.76. The third-order valence-corrected chi connectivity index (χ3v) is 4.01. The molecule has 1 atom stereocenters. The van der Waals surface area contributed by atoms with Crippen LogP contribution >= 0.6 is 0 Å². The second kappa shape index (κ2) is 6.50. The molecule has 0 aliphatic carbocycles. The van der Waals surface area contributed by atoms with Gasteiger partial charge >= 0.3 is 0 Å². The summed E-state index contributed by atoms with van der Waals surface area (Å²) in [5.74, 6) is 0. The van der Waals surface area contributed by atoms with Crippen LogP contribution in [-0.4, -0.2) is 52.1 Å². The molecule has 1 aromatic rings. The number of likely N-dealkylation sites (tertiary alicyclic amines) is 1. The number of aromatic nitrogens is 2. The Kier molecular flexibility index (Phi) is 4.96. The van der Waals surface area contributed by atoms with Crippen molar-refractivity contribution in [3.8, 4) is 0 Å². The Labute approximate surface area is 115 Å². The minimum Gasteiger partial charge on any atom is -0.390 e. The largest absolute Gasteiger partial charge is 0.390 e. The van der Waals surface area contributed by atoms with Gasteiger partial charge in [0.25, 0.3) is 0 Å². The van der Waals surface area contributed by atoms with Gasteiger partial charge in [0.2, 0.25) is 0 Å². The molecule has 5 heteroatoms. The van der Waals surface area contributed by atoms with E-state index in [9.17, 15) is 5.11 Å². The number of hydrogen-bond donors (Lipinski definition) is 2. The predicted molar refractivity (Wildman–Crippen MR) is 76.1 cm³/mol. The highest BCUT2D eigenvalue weighted by molar-refractivity contribution is 5.23. The first-order valence-corrected chi connectivity index (χ1v) is 7.18. The monoisotopic (exact) mass is 266 g/mol. The zero-order chi connectivity index (χ0) is 13.8. The Morgan fingerprint density at radius 2 is 2.00 bits per heavy atom. The molecule has 5 nitrogen and oxygen atoms in total. The zero-order valence-electron chi connectivity index (χ0n) is 12.3. The van der Waals surface area contributed by atoms with Crippen molar-refractivity contribution in [1.29, 1.82) is 0 Å². The second-order valence-electron chi connectivity index (χ2n) is 5.57. The lowest BCUT2D eigenvalue weighted by molar-refractivity contribution is 0.123. The predicted octanol–water partition coefficient (Wildman–Crippen LogP) is 0.583. The van der Waals surface area contributed by atoms with Crippen molar-refractivity contribution in [2.45, 2.75) is 39.3 Å². The Hall–Kier alpha value is -0.910. The molecular weight excluding hydrogens is 240 g/mol. The first kappa shape index (κ1) is 14.5. The van der Waals surface area contributed by atoms with Crippen LogP contribution in [0.3, 0.4) is 0 Å². The molecule has 2 heterocycles. The Morgan fingerprint density at radius 1 is 1.32 bits per heavy atom. The van der Waals surface area contributed by atoms with Gasteiger partial charge in [-0.2, -0.15) is 5.10 Å². The van der Waals surface area contributed by atoms with E-state index in [-0.39, 0.29) is 6.10 Å². The van der Waals surface area contributed by atoms with E-state index < -0.39 is 0 Å². The van der Waals surface area contributed by atoms with Gasteiger partial charge in [-0.25, -0.2) is 0 Å². The third-order valence-electron chi connectivity index (χ3n) is 4.01. The maximum absolute atomic E-state index is 10.0. The maximum Gasteiger partial charge on any atom is 0.0791 e.